The minimum Gasteiger partial charge on any atom is -0.489 e. The average molecular weight is 414 g/mol. The van der Waals surface area contributed by atoms with Crippen molar-refractivity contribution in [3.8, 4) is 5.75 Å². The first-order valence-corrected chi connectivity index (χ1v) is 9.96. The fraction of sp³-hybridized carbons (Fsp3) is 0.286. The van der Waals surface area contributed by atoms with Gasteiger partial charge in [0.1, 0.15) is 18.1 Å². The zero-order valence-corrected chi connectivity index (χ0v) is 17.2. The van der Waals surface area contributed by atoms with Crippen LogP contribution in [0.5, 0.6) is 5.75 Å². The van der Waals surface area contributed by atoms with E-state index >= 15 is 0 Å². The first-order valence-electron chi connectivity index (χ1n) is 9.08. The molecule has 7 nitrogen and oxygen atoms in total. The summed E-state index contributed by atoms with van der Waals surface area (Å²) < 4.78 is 16.0. The summed E-state index contributed by atoms with van der Waals surface area (Å²) in [5, 5.41) is 8.63. The van der Waals surface area contributed by atoms with E-state index in [1.165, 1.54) is 0 Å². The van der Waals surface area contributed by atoms with E-state index in [-0.39, 0.29) is 25.2 Å². The van der Waals surface area contributed by atoms with Crippen molar-refractivity contribution >= 4 is 23.2 Å². The van der Waals surface area contributed by atoms with Gasteiger partial charge in [-0.1, -0.05) is 17.3 Å². The van der Waals surface area contributed by atoms with Crippen molar-refractivity contribution in [1.82, 2.24) is 10.5 Å². The molecule has 152 valence electrons. The fourth-order valence-corrected chi connectivity index (χ4v) is 3.42. The Morgan fingerprint density at radius 2 is 2.07 bits per heavy atom. The third-order valence-electron chi connectivity index (χ3n) is 4.32. The van der Waals surface area contributed by atoms with Crippen LogP contribution in [-0.4, -0.2) is 23.6 Å². The summed E-state index contributed by atoms with van der Waals surface area (Å²) in [5.74, 6) is 0.257. The number of nitrogens with one attached hydrogen (secondary N) is 1. The Balaban J connectivity index is 1.51. The van der Waals surface area contributed by atoms with Crippen molar-refractivity contribution in [2.75, 3.05) is 6.61 Å². The summed E-state index contributed by atoms with van der Waals surface area (Å²) in [7, 11) is 0. The summed E-state index contributed by atoms with van der Waals surface area (Å²) in [6.45, 7) is 5.47. The Morgan fingerprint density at radius 3 is 2.76 bits per heavy atom. The number of hydrogen-bond donors (Lipinski definition) is 1. The lowest BCUT2D eigenvalue weighted by Crippen LogP contribution is -2.30. The Labute approximate surface area is 172 Å². The van der Waals surface area contributed by atoms with Crippen LogP contribution in [0.2, 0.25) is 0 Å². The molecule has 0 spiro atoms. The van der Waals surface area contributed by atoms with Gasteiger partial charge in [0.15, 0.2) is 6.61 Å². The van der Waals surface area contributed by atoms with Crippen LogP contribution in [0, 0.1) is 13.8 Å². The molecule has 8 heteroatoms. The number of ether oxygens (including phenoxy) is 2. The van der Waals surface area contributed by atoms with Crippen molar-refractivity contribution in [3.63, 3.8) is 0 Å². The highest BCUT2D eigenvalue weighted by Gasteiger charge is 2.15. The highest BCUT2D eigenvalue weighted by Crippen LogP contribution is 2.20. The molecule has 3 rings (SSSR count). The maximum Gasteiger partial charge on any atom is 0.338 e. The van der Waals surface area contributed by atoms with Gasteiger partial charge in [0, 0.05) is 4.88 Å². The molecule has 0 aliphatic rings. The van der Waals surface area contributed by atoms with Gasteiger partial charge in [0.25, 0.3) is 5.91 Å². The minimum atomic E-state index is -0.591. The molecule has 2 aromatic heterocycles. The lowest BCUT2D eigenvalue weighted by molar-refractivity contribution is -0.124. The molecule has 0 radical (unpaired) electrons. The van der Waals surface area contributed by atoms with Crippen molar-refractivity contribution in [2.24, 2.45) is 0 Å². The number of amides is 1. The Bertz CT molecular complexity index is 961. The zero-order valence-electron chi connectivity index (χ0n) is 16.4. The standard InChI is InChI=1S/C21H22N2O5S/c1-13-18(15(3)28-23-13)11-26-17-7-4-6-16(10-17)21(25)27-12-20(24)22-14(2)19-8-5-9-29-19/h4-10,14H,11-12H2,1-3H3,(H,22,24)/t14-/m1/s1. The molecular weight excluding hydrogens is 392 g/mol. The highest BCUT2D eigenvalue weighted by molar-refractivity contribution is 7.10. The van der Waals surface area contributed by atoms with Crippen LogP contribution in [-0.2, 0) is 16.1 Å². The van der Waals surface area contributed by atoms with E-state index in [0.717, 1.165) is 16.1 Å². The number of benzene rings is 1. The van der Waals surface area contributed by atoms with E-state index < -0.39 is 5.97 Å². The maximum atomic E-state index is 12.3. The topological polar surface area (TPSA) is 90.7 Å². The van der Waals surface area contributed by atoms with Gasteiger partial charge in [-0.2, -0.15) is 0 Å². The van der Waals surface area contributed by atoms with Gasteiger partial charge in [-0.3, -0.25) is 4.79 Å². The third-order valence-corrected chi connectivity index (χ3v) is 5.37. The monoisotopic (exact) mass is 414 g/mol. The van der Waals surface area contributed by atoms with Crippen LogP contribution in [0.3, 0.4) is 0 Å². The normalized spacial score (nSPS) is 11.7. The van der Waals surface area contributed by atoms with E-state index in [2.05, 4.69) is 10.5 Å². The van der Waals surface area contributed by atoms with Gasteiger partial charge < -0.3 is 19.3 Å². The summed E-state index contributed by atoms with van der Waals surface area (Å²) >= 11 is 1.55. The number of thiophene rings is 1. The maximum absolute atomic E-state index is 12.3. The molecule has 0 bridgehead atoms. The van der Waals surface area contributed by atoms with Crippen LogP contribution in [0.15, 0.2) is 46.3 Å². The van der Waals surface area contributed by atoms with Crippen molar-refractivity contribution in [1.29, 1.82) is 0 Å². The van der Waals surface area contributed by atoms with Gasteiger partial charge in [0.05, 0.1) is 22.9 Å². The molecule has 0 unspecified atom stereocenters. The van der Waals surface area contributed by atoms with E-state index in [1.54, 1.807) is 35.6 Å². The summed E-state index contributed by atoms with van der Waals surface area (Å²) in [6, 6.07) is 10.3. The van der Waals surface area contributed by atoms with Crippen molar-refractivity contribution < 1.29 is 23.6 Å². The highest BCUT2D eigenvalue weighted by atomic mass is 32.1. The largest absolute Gasteiger partial charge is 0.489 e. The second-order valence-corrected chi connectivity index (χ2v) is 7.48. The second kappa shape index (κ2) is 9.38. The Hall–Kier alpha value is -3.13. The van der Waals surface area contributed by atoms with E-state index in [9.17, 15) is 9.59 Å². The molecule has 2 heterocycles. The van der Waals surface area contributed by atoms with Gasteiger partial charge in [-0.25, -0.2) is 4.79 Å². The first-order chi connectivity index (χ1) is 13.9. The molecule has 3 aromatic rings. The van der Waals surface area contributed by atoms with Gasteiger partial charge in [0.2, 0.25) is 0 Å². The summed E-state index contributed by atoms with van der Waals surface area (Å²) in [5.41, 5.74) is 1.94. The number of aryl methyl sites for hydroxylation is 2. The molecule has 29 heavy (non-hydrogen) atoms. The third kappa shape index (κ3) is 5.45. The molecular formula is C21H22N2O5S. The SMILES string of the molecule is Cc1noc(C)c1COc1cccc(C(=O)OCC(=O)N[C@H](C)c2cccs2)c1. The number of carbonyl (C=O) groups is 2. The molecule has 1 atom stereocenters. The van der Waals surface area contributed by atoms with Crippen LogP contribution < -0.4 is 10.1 Å². The first kappa shape index (κ1) is 20.6. The van der Waals surface area contributed by atoms with E-state index in [4.69, 9.17) is 14.0 Å². The second-order valence-electron chi connectivity index (χ2n) is 6.50. The average Bonchev–Trinajstić information content (AvgIpc) is 3.35. The molecule has 0 fully saturated rings. The van der Waals surface area contributed by atoms with Crippen LogP contribution in [0.1, 0.15) is 45.2 Å². The molecule has 1 amide bonds. The fourth-order valence-electron chi connectivity index (χ4n) is 2.68. The molecule has 1 N–H and O–H groups in total. The molecule has 1 aromatic carbocycles. The van der Waals surface area contributed by atoms with Crippen molar-refractivity contribution in [3.05, 3.63) is 69.2 Å². The van der Waals surface area contributed by atoms with Gasteiger partial charge in [-0.05, 0) is 50.4 Å². The number of rotatable bonds is 8. The number of nitrogens with zero attached hydrogens (tertiary/aromatic N) is 1. The van der Waals surface area contributed by atoms with E-state index in [1.807, 2.05) is 38.3 Å². The van der Waals surface area contributed by atoms with Crippen LogP contribution in [0.25, 0.3) is 0 Å². The van der Waals surface area contributed by atoms with Crippen molar-refractivity contribution in [2.45, 2.75) is 33.4 Å². The van der Waals surface area contributed by atoms with Gasteiger partial charge >= 0.3 is 5.97 Å². The molecule has 0 aliphatic heterocycles. The minimum absolute atomic E-state index is 0.137. The lowest BCUT2D eigenvalue weighted by atomic mass is 10.2. The van der Waals surface area contributed by atoms with E-state index in [0.29, 0.717) is 17.1 Å². The van der Waals surface area contributed by atoms with Crippen LogP contribution >= 0.6 is 11.3 Å². The predicted octanol–water partition coefficient (Wildman–Crippen LogP) is 3.97. The van der Waals surface area contributed by atoms with Crippen LogP contribution in [0.4, 0.5) is 0 Å². The smallest absolute Gasteiger partial charge is 0.338 e. The molecule has 0 saturated heterocycles. The number of carbonyl (C=O) groups excluding carboxylic acids is 2. The molecule has 0 saturated carbocycles. The quantitative estimate of drug-likeness (QED) is 0.561. The number of esters is 1. The Kier molecular flexibility index (Phi) is 6.66. The number of hydrogen-bond acceptors (Lipinski definition) is 7. The zero-order chi connectivity index (χ0) is 20.8. The Morgan fingerprint density at radius 1 is 1.24 bits per heavy atom. The van der Waals surface area contributed by atoms with Gasteiger partial charge in [-0.15, -0.1) is 11.3 Å². The molecule has 0 aliphatic carbocycles. The summed E-state index contributed by atoms with van der Waals surface area (Å²) in [6.07, 6.45) is 0. The number of aromatic nitrogens is 1. The lowest BCUT2D eigenvalue weighted by Gasteiger charge is -2.12. The summed E-state index contributed by atoms with van der Waals surface area (Å²) in [4.78, 5) is 25.3. The predicted molar refractivity (Wildman–Crippen MR) is 108 cm³/mol.